The maximum atomic E-state index is 13.2. The van der Waals surface area contributed by atoms with Gasteiger partial charge in [0.25, 0.3) is 0 Å². The Morgan fingerprint density at radius 1 is 0.941 bits per heavy atom. The Hall–Kier alpha value is -1.61. The minimum Gasteiger partial charge on any atom is -0.369 e. The zero-order valence-corrected chi connectivity index (χ0v) is 9.62. The fourth-order valence-corrected chi connectivity index (χ4v) is 2.32. The number of hydrogen-bond acceptors (Lipinski definition) is 2. The maximum Gasteiger partial charge on any atom is 0.123 e. The highest BCUT2D eigenvalue weighted by molar-refractivity contribution is 5.86. The maximum absolute atomic E-state index is 13.2. The number of fused-ring (bicyclic) bond motifs is 1. The molecule has 0 bridgehead atoms. The number of anilines is 1. The van der Waals surface area contributed by atoms with Crippen LogP contribution in [0.2, 0.25) is 0 Å². The molecule has 0 atom stereocenters. The van der Waals surface area contributed by atoms with E-state index < -0.39 is 0 Å². The molecule has 2 nitrogen and oxygen atoms in total. The molecular weight excluding hydrogens is 215 g/mol. The first-order valence-corrected chi connectivity index (χ1v) is 5.98. The van der Waals surface area contributed by atoms with Crippen LogP contribution in [-0.2, 0) is 0 Å². The van der Waals surface area contributed by atoms with Crippen molar-refractivity contribution in [3.05, 3.63) is 42.2 Å². The van der Waals surface area contributed by atoms with Gasteiger partial charge in [0.2, 0.25) is 0 Å². The molecule has 1 saturated heterocycles. The summed E-state index contributed by atoms with van der Waals surface area (Å²) in [7, 11) is 0. The van der Waals surface area contributed by atoms with Crippen LogP contribution in [0.1, 0.15) is 0 Å². The highest BCUT2D eigenvalue weighted by atomic mass is 19.1. The second-order valence-corrected chi connectivity index (χ2v) is 4.41. The van der Waals surface area contributed by atoms with Crippen LogP contribution in [0.5, 0.6) is 0 Å². The lowest BCUT2D eigenvalue weighted by atomic mass is 10.1. The molecule has 0 saturated carbocycles. The molecule has 88 valence electrons. The van der Waals surface area contributed by atoms with E-state index in [1.807, 2.05) is 6.07 Å². The predicted octanol–water partition coefficient (Wildman–Crippen LogP) is 2.39. The first kappa shape index (κ1) is 10.5. The number of piperazine rings is 1. The normalized spacial score (nSPS) is 16.4. The second kappa shape index (κ2) is 4.34. The van der Waals surface area contributed by atoms with Gasteiger partial charge in [-0.1, -0.05) is 12.1 Å². The second-order valence-electron chi connectivity index (χ2n) is 4.41. The number of nitrogens with one attached hydrogen (secondary N) is 1. The van der Waals surface area contributed by atoms with Crippen LogP contribution in [0.15, 0.2) is 36.4 Å². The van der Waals surface area contributed by atoms with Crippen molar-refractivity contribution < 1.29 is 4.39 Å². The summed E-state index contributed by atoms with van der Waals surface area (Å²) in [5.41, 5.74) is 1.18. The van der Waals surface area contributed by atoms with Crippen molar-refractivity contribution in [1.82, 2.24) is 5.32 Å². The monoisotopic (exact) mass is 230 g/mol. The molecule has 0 amide bonds. The smallest absolute Gasteiger partial charge is 0.123 e. The van der Waals surface area contributed by atoms with Crippen LogP contribution in [-0.4, -0.2) is 26.2 Å². The summed E-state index contributed by atoms with van der Waals surface area (Å²) in [6, 6.07) is 11.2. The Morgan fingerprint density at radius 3 is 2.53 bits per heavy atom. The topological polar surface area (TPSA) is 15.3 Å². The van der Waals surface area contributed by atoms with E-state index in [-0.39, 0.29) is 5.82 Å². The van der Waals surface area contributed by atoms with Crippen LogP contribution in [0.3, 0.4) is 0 Å². The summed E-state index contributed by atoms with van der Waals surface area (Å²) in [5, 5.41) is 5.39. The van der Waals surface area contributed by atoms with E-state index >= 15 is 0 Å². The van der Waals surface area contributed by atoms with Gasteiger partial charge in [-0.25, -0.2) is 4.39 Å². The lowest BCUT2D eigenvalue weighted by Gasteiger charge is -2.29. The Balaban J connectivity index is 1.99. The zero-order chi connectivity index (χ0) is 11.7. The van der Waals surface area contributed by atoms with E-state index in [0.717, 1.165) is 37.0 Å². The quantitative estimate of drug-likeness (QED) is 0.809. The molecule has 0 radical (unpaired) electrons. The lowest BCUT2D eigenvalue weighted by molar-refractivity contribution is 0.589. The van der Waals surface area contributed by atoms with E-state index in [2.05, 4.69) is 28.4 Å². The van der Waals surface area contributed by atoms with Gasteiger partial charge in [-0.2, -0.15) is 0 Å². The number of halogens is 1. The third-order valence-electron chi connectivity index (χ3n) is 3.27. The van der Waals surface area contributed by atoms with Crippen LogP contribution in [0, 0.1) is 5.82 Å². The van der Waals surface area contributed by atoms with E-state index in [1.165, 1.54) is 11.8 Å². The van der Waals surface area contributed by atoms with Crippen LogP contribution < -0.4 is 10.2 Å². The fourth-order valence-electron chi connectivity index (χ4n) is 2.32. The third kappa shape index (κ3) is 2.11. The highest BCUT2D eigenvalue weighted by Crippen LogP contribution is 2.23. The van der Waals surface area contributed by atoms with Crippen LogP contribution >= 0.6 is 0 Å². The van der Waals surface area contributed by atoms with Gasteiger partial charge in [0.15, 0.2) is 0 Å². The van der Waals surface area contributed by atoms with E-state index in [4.69, 9.17) is 0 Å². The van der Waals surface area contributed by atoms with Gasteiger partial charge in [-0.3, -0.25) is 0 Å². The van der Waals surface area contributed by atoms with Crippen molar-refractivity contribution in [3.63, 3.8) is 0 Å². The van der Waals surface area contributed by atoms with Crippen molar-refractivity contribution in [1.29, 1.82) is 0 Å². The Bertz CT molecular complexity index is 533. The molecule has 0 aliphatic carbocycles. The largest absolute Gasteiger partial charge is 0.369 e. The summed E-state index contributed by atoms with van der Waals surface area (Å²) in [6.45, 7) is 4.06. The first-order chi connectivity index (χ1) is 8.33. The molecule has 1 aliphatic heterocycles. The van der Waals surface area contributed by atoms with Gasteiger partial charge in [-0.15, -0.1) is 0 Å². The molecule has 2 aromatic carbocycles. The fraction of sp³-hybridized carbons (Fsp3) is 0.286. The average Bonchev–Trinajstić information content (AvgIpc) is 2.39. The van der Waals surface area contributed by atoms with Crippen molar-refractivity contribution >= 4 is 16.5 Å². The van der Waals surface area contributed by atoms with Crippen molar-refractivity contribution in [2.75, 3.05) is 31.1 Å². The Kier molecular flexibility index (Phi) is 2.69. The number of benzene rings is 2. The Labute approximate surface area is 100 Å². The summed E-state index contributed by atoms with van der Waals surface area (Å²) in [6.07, 6.45) is 0. The SMILES string of the molecule is Fc1ccc2ccc(N3CCNCC3)cc2c1. The molecule has 17 heavy (non-hydrogen) atoms. The van der Waals surface area contributed by atoms with Gasteiger partial charge < -0.3 is 10.2 Å². The minimum atomic E-state index is -0.171. The molecular formula is C14H15FN2. The van der Waals surface area contributed by atoms with Gasteiger partial charge in [-0.05, 0) is 35.0 Å². The molecule has 2 aromatic rings. The van der Waals surface area contributed by atoms with Crippen molar-refractivity contribution in [2.45, 2.75) is 0 Å². The molecule has 3 rings (SSSR count). The van der Waals surface area contributed by atoms with Crippen molar-refractivity contribution in [3.8, 4) is 0 Å². The van der Waals surface area contributed by atoms with Crippen LogP contribution in [0.25, 0.3) is 10.8 Å². The summed E-state index contributed by atoms with van der Waals surface area (Å²) in [5.74, 6) is -0.171. The summed E-state index contributed by atoms with van der Waals surface area (Å²) < 4.78 is 13.2. The van der Waals surface area contributed by atoms with Gasteiger partial charge in [0.1, 0.15) is 5.82 Å². The number of rotatable bonds is 1. The minimum absolute atomic E-state index is 0.171. The molecule has 0 spiro atoms. The molecule has 1 N–H and O–H groups in total. The highest BCUT2D eigenvalue weighted by Gasteiger charge is 2.10. The molecule has 1 heterocycles. The predicted molar refractivity (Wildman–Crippen MR) is 69.0 cm³/mol. The first-order valence-electron chi connectivity index (χ1n) is 5.98. The van der Waals surface area contributed by atoms with E-state index in [9.17, 15) is 4.39 Å². The summed E-state index contributed by atoms with van der Waals surface area (Å²) in [4.78, 5) is 2.33. The summed E-state index contributed by atoms with van der Waals surface area (Å²) >= 11 is 0. The molecule has 3 heteroatoms. The molecule has 1 aliphatic rings. The number of nitrogens with zero attached hydrogens (tertiary/aromatic N) is 1. The molecule has 0 unspecified atom stereocenters. The van der Waals surface area contributed by atoms with Gasteiger partial charge >= 0.3 is 0 Å². The van der Waals surface area contributed by atoms with Gasteiger partial charge in [0.05, 0.1) is 0 Å². The molecule has 0 aromatic heterocycles. The van der Waals surface area contributed by atoms with Crippen molar-refractivity contribution in [2.24, 2.45) is 0 Å². The van der Waals surface area contributed by atoms with Gasteiger partial charge in [0, 0.05) is 31.9 Å². The average molecular weight is 230 g/mol. The number of hydrogen-bond donors (Lipinski definition) is 1. The standard InChI is InChI=1S/C14H15FN2/c15-13-3-1-11-2-4-14(10-12(11)9-13)17-7-5-16-6-8-17/h1-4,9-10,16H,5-8H2. The third-order valence-corrected chi connectivity index (χ3v) is 3.27. The zero-order valence-electron chi connectivity index (χ0n) is 9.62. The van der Waals surface area contributed by atoms with E-state index in [0.29, 0.717) is 0 Å². The Morgan fingerprint density at radius 2 is 1.71 bits per heavy atom. The molecule has 1 fully saturated rings. The van der Waals surface area contributed by atoms with E-state index in [1.54, 1.807) is 6.07 Å². The lowest BCUT2D eigenvalue weighted by Crippen LogP contribution is -2.43. The van der Waals surface area contributed by atoms with Crippen LogP contribution in [0.4, 0.5) is 10.1 Å².